The van der Waals surface area contributed by atoms with Crippen LogP contribution < -0.4 is 0 Å². The molecular formula is C14H25N3O3. The molecule has 0 saturated carbocycles. The monoisotopic (exact) mass is 283 g/mol. The van der Waals surface area contributed by atoms with Crippen molar-refractivity contribution in [3.05, 3.63) is 0 Å². The Morgan fingerprint density at radius 3 is 2.30 bits per heavy atom. The lowest BCUT2D eigenvalue weighted by Gasteiger charge is -2.38. The number of likely N-dealkylation sites (tertiary alicyclic amines) is 1. The highest BCUT2D eigenvalue weighted by Crippen LogP contribution is 2.21. The van der Waals surface area contributed by atoms with E-state index in [0.717, 1.165) is 32.6 Å². The minimum atomic E-state index is -0.769. The third-order valence-corrected chi connectivity index (χ3v) is 4.33. The van der Waals surface area contributed by atoms with Crippen molar-refractivity contribution in [2.75, 3.05) is 39.3 Å². The predicted octanol–water partition coefficient (Wildman–Crippen LogP) is 0.929. The van der Waals surface area contributed by atoms with Crippen LogP contribution in [0, 0.1) is 5.92 Å². The van der Waals surface area contributed by atoms with Crippen LogP contribution in [0.25, 0.3) is 0 Å². The standard InChI is InChI=1S/C14H25N3O3/c1-11(2)15-5-7-16(8-6-15)14(20)17-4-3-12(10-17)9-13(18)19/h11-12H,3-10H2,1-2H3,(H,18,19). The molecule has 2 amide bonds. The van der Waals surface area contributed by atoms with E-state index in [1.54, 1.807) is 0 Å². The maximum absolute atomic E-state index is 12.4. The van der Waals surface area contributed by atoms with Gasteiger partial charge in [-0.25, -0.2) is 4.79 Å². The van der Waals surface area contributed by atoms with Crippen LogP contribution in [0.1, 0.15) is 26.7 Å². The van der Waals surface area contributed by atoms with Crippen LogP contribution in [0.4, 0.5) is 4.79 Å². The number of hydrogen-bond donors (Lipinski definition) is 1. The first-order chi connectivity index (χ1) is 9.47. The number of urea groups is 1. The van der Waals surface area contributed by atoms with Crippen molar-refractivity contribution in [3.8, 4) is 0 Å². The van der Waals surface area contributed by atoms with Crippen molar-refractivity contribution in [1.29, 1.82) is 0 Å². The lowest BCUT2D eigenvalue weighted by Crippen LogP contribution is -2.53. The summed E-state index contributed by atoms with van der Waals surface area (Å²) in [5, 5.41) is 8.81. The van der Waals surface area contributed by atoms with Gasteiger partial charge in [-0.1, -0.05) is 0 Å². The molecule has 0 aromatic heterocycles. The minimum absolute atomic E-state index is 0.0845. The minimum Gasteiger partial charge on any atom is -0.481 e. The number of rotatable bonds is 3. The Balaban J connectivity index is 1.80. The molecule has 2 aliphatic rings. The van der Waals surface area contributed by atoms with E-state index in [1.807, 2.05) is 9.80 Å². The van der Waals surface area contributed by atoms with Crippen molar-refractivity contribution in [2.45, 2.75) is 32.7 Å². The maximum atomic E-state index is 12.4. The van der Waals surface area contributed by atoms with E-state index in [2.05, 4.69) is 18.7 Å². The maximum Gasteiger partial charge on any atom is 0.320 e. The van der Waals surface area contributed by atoms with Crippen molar-refractivity contribution < 1.29 is 14.7 Å². The zero-order chi connectivity index (χ0) is 14.7. The summed E-state index contributed by atoms with van der Waals surface area (Å²) in [5.41, 5.74) is 0. The van der Waals surface area contributed by atoms with Crippen LogP contribution in [-0.2, 0) is 4.79 Å². The average Bonchev–Trinajstić information content (AvgIpc) is 2.85. The summed E-state index contributed by atoms with van der Waals surface area (Å²) in [5.74, 6) is -0.650. The first kappa shape index (κ1) is 15.1. The Bertz CT molecular complexity index is 365. The Hall–Kier alpha value is -1.30. The number of hydrogen-bond acceptors (Lipinski definition) is 3. The van der Waals surface area contributed by atoms with E-state index >= 15 is 0 Å². The fourth-order valence-electron chi connectivity index (χ4n) is 3.05. The number of piperazine rings is 1. The van der Waals surface area contributed by atoms with Gasteiger partial charge in [0.2, 0.25) is 0 Å². The van der Waals surface area contributed by atoms with Gasteiger partial charge in [-0.3, -0.25) is 9.69 Å². The van der Waals surface area contributed by atoms with Crippen molar-refractivity contribution >= 4 is 12.0 Å². The molecule has 0 bridgehead atoms. The average molecular weight is 283 g/mol. The fraction of sp³-hybridized carbons (Fsp3) is 0.857. The summed E-state index contributed by atoms with van der Waals surface area (Å²) in [6.45, 7) is 9.04. The lowest BCUT2D eigenvalue weighted by atomic mass is 10.1. The molecule has 0 aliphatic carbocycles. The molecule has 0 radical (unpaired) electrons. The van der Waals surface area contributed by atoms with Gasteiger partial charge in [0, 0.05) is 51.7 Å². The zero-order valence-electron chi connectivity index (χ0n) is 12.4. The molecule has 1 unspecified atom stereocenters. The first-order valence-corrected chi connectivity index (χ1v) is 7.47. The van der Waals surface area contributed by atoms with Gasteiger partial charge in [-0.05, 0) is 26.2 Å². The number of aliphatic carboxylic acids is 1. The van der Waals surface area contributed by atoms with Crippen LogP contribution in [0.2, 0.25) is 0 Å². The van der Waals surface area contributed by atoms with Crippen LogP contribution in [0.5, 0.6) is 0 Å². The summed E-state index contributed by atoms with van der Waals surface area (Å²) in [6, 6.07) is 0.611. The molecule has 1 atom stereocenters. The molecule has 6 heteroatoms. The summed E-state index contributed by atoms with van der Waals surface area (Å²) in [7, 11) is 0. The normalized spacial score (nSPS) is 24.4. The summed E-state index contributed by atoms with van der Waals surface area (Å²) >= 11 is 0. The van der Waals surface area contributed by atoms with Gasteiger partial charge >= 0.3 is 12.0 Å². The highest BCUT2D eigenvalue weighted by molar-refractivity contribution is 5.75. The van der Waals surface area contributed by atoms with Gasteiger partial charge in [0.05, 0.1) is 0 Å². The molecule has 0 aromatic carbocycles. The summed E-state index contributed by atoms with van der Waals surface area (Å²) in [6.07, 6.45) is 0.981. The highest BCUT2D eigenvalue weighted by atomic mass is 16.4. The topological polar surface area (TPSA) is 64.1 Å². The fourth-order valence-corrected chi connectivity index (χ4v) is 3.05. The van der Waals surface area contributed by atoms with Crippen molar-refractivity contribution in [3.63, 3.8) is 0 Å². The van der Waals surface area contributed by atoms with Crippen molar-refractivity contribution in [2.24, 2.45) is 5.92 Å². The van der Waals surface area contributed by atoms with E-state index < -0.39 is 5.97 Å². The van der Waals surface area contributed by atoms with E-state index in [0.29, 0.717) is 19.1 Å². The molecule has 114 valence electrons. The second-order valence-corrected chi connectivity index (χ2v) is 6.10. The van der Waals surface area contributed by atoms with Crippen molar-refractivity contribution in [1.82, 2.24) is 14.7 Å². The van der Waals surface area contributed by atoms with E-state index in [1.165, 1.54) is 0 Å². The molecule has 1 N–H and O–H groups in total. The lowest BCUT2D eigenvalue weighted by molar-refractivity contribution is -0.138. The SMILES string of the molecule is CC(C)N1CCN(C(=O)N2CCC(CC(=O)O)C2)CC1. The van der Waals surface area contributed by atoms with Gasteiger partial charge in [-0.15, -0.1) is 0 Å². The van der Waals surface area contributed by atoms with Gasteiger partial charge in [0.15, 0.2) is 0 Å². The number of amides is 2. The second-order valence-electron chi connectivity index (χ2n) is 6.10. The van der Waals surface area contributed by atoms with Gasteiger partial charge in [-0.2, -0.15) is 0 Å². The Labute approximate surface area is 120 Å². The summed E-state index contributed by atoms with van der Waals surface area (Å²) in [4.78, 5) is 29.2. The molecule has 0 aromatic rings. The van der Waals surface area contributed by atoms with E-state index in [-0.39, 0.29) is 18.4 Å². The predicted molar refractivity (Wildman–Crippen MR) is 75.6 cm³/mol. The molecule has 2 saturated heterocycles. The second kappa shape index (κ2) is 6.43. The quantitative estimate of drug-likeness (QED) is 0.837. The van der Waals surface area contributed by atoms with E-state index in [4.69, 9.17) is 5.11 Å². The Morgan fingerprint density at radius 1 is 1.10 bits per heavy atom. The largest absolute Gasteiger partial charge is 0.481 e. The van der Waals surface area contributed by atoms with Gasteiger partial charge in [0.25, 0.3) is 0 Å². The molecular weight excluding hydrogens is 258 g/mol. The van der Waals surface area contributed by atoms with Crippen LogP contribution in [0.15, 0.2) is 0 Å². The molecule has 2 aliphatic heterocycles. The molecule has 2 fully saturated rings. The van der Waals surface area contributed by atoms with E-state index in [9.17, 15) is 9.59 Å². The Kier molecular flexibility index (Phi) is 4.86. The molecule has 2 heterocycles. The van der Waals surface area contributed by atoms with Gasteiger partial charge in [0.1, 0.15) is 0 Å². The highest BCUT2D eigenvalue weighted by Gasteiger charge is 2.31. The Morgan fingerprint density at radius 2 is 1.75 bits per heavy atom. The number of carboxylic acid groups (broad SMARTS) is 1. The molecule has 2 rings (SSSR count). The molecule has 6 nitrogen and oxygen atoms in total. The number of carbonyl (C=O) groups excluding carboxylic acids is 1. The molecule has 20 heavy (non-hydrogen) atoms. The molecule has 0 spiro atoms. The third kappa shape index (κ3) is 3.62. The van der Waals surface area contributed by atoms with Crippen LogP contribution in [0.3, 0.4) is 0 Å². The smallest absolute Gasteiger partial charge is 0.320 e. The number of carboxylic acids is 1. The summed E-state index contributed by atoms with van der Waals surface area (Å²) < 4.78 is 0. The van der Waals surface area contributed by atoms with Crippen LogP contribution >= 0.6 is 0 Å². The third-order valence-electron chi connectivity index (χ3n) is 4.33. The first-order valence-electron chi connectivity index (χ1n) is 7.47. The van der Waals surface area contributed by atoms with Crippen LogP contribution in [-0.4, -0.2) is 77.1 Å². The van der Waals surface area contributed by atoms with Gasteiger partial charge < -0.3 is 14.9 Å². The number of nitrogens with zero attached hydrogens (tertiary/aromatic N) is 3. The zero-order valence-corrected chi connectivity index (χ0v) is 12.4. The number of carbonyl (C=O) groups is 2.